The smallest absolute Gasteiger partial charge is 0.306 e. The second kappa shape index (κ2) is 46.2. The van der Waals surface area contributed by atoms with Crippen LogP contribution in [0.15, 0.2) is 134 Å². The molecule has 1 unspecified atom stereocenters. The van der Waals surface area contributed by atoms with E-state index in [-0.39, 0.29) is 44.4 Å². The van der Waals surface area contributed by atoms with Gasteiger partial charge in [0.1, 0.15) is 13.2 Å². The summed E-state index contributed by atoms with van der Waals surface area (Å²) >= 11 is 0. The topological polar surface area (TPSA) is 78.9 Å². The molecule has 6 heteroatoms. The monoisotopic (exact) mass is 813 g/mol. The van der Waals surface area contributed by atoms with E-state index in [1.54, 1.807) is 0 Å². The minimum absolute atomic E-state index is 0.138. The van der Waals surface area contributed by atoms with Crippen molar-refractivity contribution in [3.63, 3.8) is 0 Å². The fraction of sp³-hybridized carbons (Fsp3) is 0.528. The van der Waals surface area contributed by atoms with Crippen LogP contribution in [0.4, 0.5) is 0 Å². The van der Waals surface area contributed by atoms with E-state index in [1.807, 2.05) is 79.0 Å². The lowest BCUT2D eigenvalue weighted by atomic mass is 10.1. The quantitative estimate of drug-likeness (QED) is 0.0203. The maximum absolute atomic E-state index is 12.7. The van der Waals surface area contributed by atoms with E-state index in [4.69, 9.17) is 14.2 Å². The maximum atomic E-state index is 12.7. The lowest BCUT2D eigenvalue weighted by Crippen LogP contribution is -2.30. The van der Waals surface area contributed by atoms with Crippen molar-refractivity contribution >= 4 is 17.9 Å². The molecule has 0 bridgehead atoms. The highest BCUT2D eigenvalue weighted by Gasteiger charge is 2.19. The van der Waals surface area contributed by atoms with Gasteiger partial charge in [0.15, 0.2) is 6.10 Å². The van der Waals surface area contributed by atoms with E-state index in [0.29, 0.717) is 19.3 Å². The molecule has 0 heterocycles. The van der Waals surface area contributed by atoms with Crippen LogP contribution in [-0.2, 0) is 28.6 Å². The number of rotatable bonds is 38. The van der Waals surface area contributed by atoms with Crippen LogP contribution in [0, 0.1) is 0 Å². The average molecular weight is 813 g/mol. The van der Waals surface area contributed by atoms with Gasteiger partial charge in [-0.1, -0.05) is 193 Å². The first-order valence-electron chi connectivity index (χ1n) is 22.8. The molecule has 6 nitrogen and oxygen atoms in total. The molecule has 59 heavy (non-hydrogen) atoms. The van der Waals surface area contributed by atoms with Gasteiger partial charge in [0.2, 0.25) is 0 Å². The lowest BCUT2D eigenvalue weighted by molar-refractivity contribution is -0.166. The molecule has 0 spiro atoms. The summed E-state index contributed by atoms with van der Waals surface area (Å²) in [5.74, 6) is -1.10. The van der Waals surface area contributed by atoms with Crippen LogP contribution in [0.2, 0.25) is 0 Å². The number of carbonyl (C=O) groups excluding carboxylic acids is 3. The minimum atomic E-state index is -0.843. The molecule has 0 radical (unpaired) electrons. The lowest BCUT2D eigenvalue weighted by Gasteiger charge is -2.18. The Morgan fingerprint density at radius 1 is 0.373 bits per heavy atom. The van der Waals surface area contributed by atoms with Gasteiger partial charge in [-0.2, -0.15) is 0 Å². The summed E-state index contributed by atoms with van der Waals surface area (Å²) in [4.78, 5) is 37.7. The Bertz CT molecular complexity index is 1350. The molecule has 0 fully saturated rings. The highest BCUT2D eigenvalue weighted by molar-refractivity contribution is 5.71. The first-order valence-corrected chi connectivity index (χ1v) is 22.8. The van der Waals surface area contributed by atoms with Crippen LogP contribution in [0.3, 0.4) is 0 Å². The van der Waals surface area contributed by atoms with Crippen molar-refractivity contribution in [3.8, 4) is 0 Å². The molecule has 0 saturated carbocycles. The van der Waals surface area contributed by atoms with Gasteiger partial charge in [-0.25, -0.2) is 0 Å². The van der Waals surface area contributed by atoms with Crippen LogP contribution >= 0.6 is 0 Å². The molecule has 0 aromatic rings. The highest BCUT2D eigenvalue weighted by atomic mass is 16.6. The van der Waals surface area contributed by atoms with Crippen molar-refractivity contribution in [2.24, 2.45) is 0 Å². The SMILES string of the molecule is CC\C=C/C=C\C=C/C=C\C=C\C=C/C=C\CCCCCC(=O)OCC(COC(=O)CCCC/C=C\C/C=C\CC)OC(=O)CC/C=C\C/C=C\CCCCCCCC. The predicted octanol–water partition coefficient (Wildman–Crippen LogP) is 14.7. The molecule has 0 aliphatic heterocycles. The third-order valence-electron chi connectivity index (χ3n) is 8.83. The number of hydrogen-bond donors (Lipinski definition) is 0. The van der Waals surface area contributed by atoms with E-state index >= 15 is 0 Å². The zero-order valence-electron chi connectivity index (χ0n) is 37.2. The van der Waals surface area contributed by atoms with Crippen LogP contribution < -0.4 is 0 Å². The van der Waals surface area contributed by atoms with Crippen LogP contribution in [0.5, 0.6) is 0 Å². The largest absolute Gasteiger partial charge is 0.462 e. The third-order valence-corrected chi connectivity index (χ3v) is 8.83. The average Bonchev–Trinajstić information content (AvgIpc) is 3.23. The van der Waals surface area contributed by atoms with Crippen molar-refractivity contribution in [2.75, 3.05) is 13.2 Å². The molecule has 1 atom stereocenters. The van der Waals surface area contributed by atoms with Gasteiger partial charge >= 0.3 is 17.9 Å². The minimum Gasteiger partial charge on any atom is -0.462 e. The van der Waals surface area contributed by atoms with Crippen molar-refractivity contribution in [2.45, 2.75) is 168 Å². The van der Waals surface area contributed by atoms with Gasteiger partial charge in [-0.3, -0.25) is 14.4 Å². The van der Waals surface area contributed by atoms with Crippen molar-refractivity contribution in [1.82, 2.24) is 0 Å². The normalized spacial score (nSPS) is 13.3. The summed E-state index contributed by atoms with van der Waals surface area (Å²) in [6.45, 7) is 6.19. The Morgan fingerprint density at radius 3 is 1.32 bits per heavy atom. The number of unbranched alkanes of at least 4 members (excludes halogenated alkanes) is 11. The van der Waals surface area contributed by atoms with Crippen molar-refractivity contribution in [3.05, 3.63) is 134 Å². The molecule has 0 saturated heterocycles. The predicted molar refractivity (Wildman–Crippen MR) is 251 cm³/mol. The van der Waals surface area contributed by atoms with Crippen molar-refractivity contribution in [1.29, 1.82) is 0 Å². The maximum Gasteiger partial charge on any atom is 0.306 e. The molecule has 0 aliphatic carbocycles. The first kappa shape index (κ1) is 54.6. The molecule has 0 aromatic heterocycles. The molecule has 0 aromatic carbocycles. The number of ether oxygens (including phenoxy) is 3. The molecule has 0 aliphatic rings. The third kappa shape index (κ3) is 44.5. The Morgan fingerprint density at radius 2 is 0.780 bits per heavy atom. The Labute approximate surface area is 360 Å². The number of esters is 3. The number of carbonyl (C=O) groups is 3. The van der Waals surface area contributed by atoms with E-state index in [2.05, 4.69) is 75.5 Å². The molecule has 0 rings (SSSR count). The molecular weight excluding hydrogens is 733 g/mol. The summed E-state index contributed by atoms with van der Waals surface area (Å²) in [6, 6.07) is 0. The summed E-state index contributed by atoms with van der Waals surface area (Å²) in [5.41, 5.74) is 0. The second-order valence-electron chi connectivity index (χ2n) is 14.4. The summed E-state index contributed by atoms with van der Waals surface area (Å²) < 4.78 is 16.5. The van der Waals surface area contributed by atoms with Gasteiger partial charge in [0.05, 0.1) is 0 Å². The Balaban J connectivity index is 4.58. The van der Waals surface area contributed by atoms with Crippen LogP contribution in [0.1, 0.15) is 162 Å². The van der Waals surface area contributed by atoms with Crippen molar-refractivity contribution < 1.29 is 28.6 Å². The number of allylic oxidation sites excluding steroid dienone is 22. The Hall–Kier alpha value is -4.45. The summed E-state index contributed by atoms with van der Waals surface area (Å²) in [6.07, 6.45) is 64.5. The van der Waals surface area contributed by atoms with Crippen LogP contribution in [-0.4, -0.2) is 37.2 Å². The fourth-order valence-corrected chi connectivity index (χ4v) is 5.45. The first-order chi connectivity index (χ1) is 29.0. The standard InChI is InChI=1S/C53H80O6/c1-4-7-10-13-16-19-21-23-24-25-26-27-28-30-31-34-37-40-43-46-52(55)58-49-50(48-57-51(54)45-42-39-36-33-18-15-12-9-6-3)59-53(56)47-44-41-38-35-32-29-22-20-17-14-11-8-5-2/h7,9-10,12-13,16,18-19,21,23-33,38,41,50H,4-6,8,11,14-15,17,20,22,34-37,39-40,42-49H2,1-3H3/b10-7-,12-9-,16-13-,21-19-,24-23-,26-25+,28-27-,31-30-,32-29-,33-18-,41-38-. The van der Waals surface area contributed by atoms with Gasteiger partial charge < -0.3 is 14.2 Å². The number of hydrogen-bond acceptors (Lipinski definition) is 6. The van der Waals surface area contributed by atoms with Gasteiger partial charge in [0.25, 0.3) is 0 Å². The summed E-state index contributed by atoms with van der Waals surface area (Å²) in [5, 5.41) is 0. The summed E-state index contributed by atoms with van der Waals surface area (Å²) in [7, 11) is 0. The second-order valence-corrected chi connectivity index (χ2v) is 14.4. The van der Waals surface area contributed by atoms with E-state index in [0.717, 1.165) is 64.2 Å². The van der Waals surface area contributed by atoms with E-state index < -0.39 is 12.1 Å². The highest BCUT2D eigenvalue weighted by Crippen LogP contribution is 2.10. The zero-order chi connectivity index (χ0) is 43.0. The van der Waals surface area contributed by atoms with E-state index in [9.17, 15) is 14.4 Å². The van der Waals surface area contributed by atoms with Gasteiger partial charge in [-0.05, 0) is 83.5 Å². The molecule has 0 amide bonds. The molecule has 328 valence electrons. The zero-order valence-corrected chi connectivity index (χ0v) is 37.2. The van der Waals surface area contributed by atoms with Gasteiger partial charge in [-0.15, -0.1) is 0 Å². The Kier molecular flexibility index (Phi) is 42.8. The molecule has 0 N–H and O–H groups in total. The molecular formula is C53H80O6. The fourth-order valence-electron chi connectivity index (χ4n) is 5.45. The van der Waals surface area contributed by atoms with Gasteiger partial charge in [0, 0.05) is 19.3 Å². The van der Waals surface area contributed by atoms with E-state index in [1.165, 1.54) is 38.5 Å². The van der Waals surface area contributed by atoms with Crippen LogP contribution in [0.25, 0.3) is 0 Å².